The fourth-order valence-corrected chi connectivity index (χ4v) is 1.82. The van der Waals surface area contributed by atoms with E-state index >= 15 is 0 Å². The molecule has 0 radical (unpaired) electrons. The van der Waals surface area contributed by atoms with Crippen LogP contribution in [0.15, 0.2) is 18.2 Å². The van der Waals surface area contributed by atoms with E-state index < -0.39 is 15.5 Å². The molecule has 0 unspecified atom stereocenters. The summed E-state index contributed by atoms with van der Waals surface area (Å²) >= 11 is 0. The number of rotatable bonds is 8. The number of nitrogens with zero attached hydrogens (tertiary/aromatic N) is 2. The van der Waals surface area contributed by atoms with Crippen LogP contribution in [0.25, 0.3) is 0 Å². The number of nitrogens with one attached hydrogen (secondary N) is 1. The minimum absolute atomic E-state index is 0.165. The Bertz CT molecular complexity index is 545. The van der Waals surface area contributed by atoms with Gasteiger partial charge in [-0.2, -0.15) is 0 Å². The average Bonchev–Trinajstić information content (AvgIpc) is 2.43. The van der Waals surface area contributed by atoms with Crippen molar-refractivity contribution in [3.05, 3.63) is 44.0 Å². The third-order valence-corrected chi connectivity index (χ3v) is 2.93. The zero-order valence-electron chi connectivity index (χ0n) is 11.7. The van der Waals surface area contributed by atoms with Crippen LogP contribution in [0.1, 0.15) is 31.7 Å². The van der Waals surface area contributed by atoms with Crippen LogP contribution in [0.4, 0.5) is 11.4 Å². The smallest absolute Gasteiger partial charge is 0.279 e. The molecule has 8 heteroatoms. The van der Waals surface area contributed by atoms with Gasteiger partial charge in [0, 0.05) is 18.2 Å². The molecule has 0 bridgehead atoms. The first kappa shape index (κ1) is 16.5. The van der Waals surface area contributed by atoms with Crippen LogP contribution < -0.4 is 5.32 Å². The lowest BCUT2D eigenvalue weighted by molar-refractivity contribution is -0.394. The molecular weight excluding hydrogens is 278 g/mol. The maximum absolute atomic E-state index is 11.7. The highest BCUT2D eigenvalue weighted by Crippen LogP contribution is 2.24. The molecule has 1 aromatic rings. The molecule has 114 valence electrons. The predicted molar refractivity (Wildman–Crippen MR) is 76.0 cm³/mol. The van der Waals surface area contributed by atoms with Gasteiger partial charge in [0.05, 0.1) is 22.3 Å². The van der Waals surface area contributed by atoms with Crippen LogP contribution in [-0.2, 0) is 11.2 Å². The first-order valence-electron chi connectivity index (χ1n) is 6.64. The van der Waals surface area contributed by atoms with Crippen LogP contribution >= 0.6 is 0 Å². The summed E-state index contributed by atoms with van der Waals surface area (Å²) in [5.74, 6) is -0.331. The molecule has 1 rings (SSSR count). The van der Waals surface area contributed by atoms with Crippen molar-refractivity contribution in [1.29, 1.82) is 0 Å². The minimum atomic E-state index is -0.716. The molecule has 0 spiro atoms. The molecule has 1 amide bonds. The zero-order valence-corrected chi connectivity index (χ0v) is 11.7. The van der Waals surface area contributed by atoms with E-state index in [0.717, 1.165) is 31.4 Å². The van der Waals surface area contributed by atoms with E-state index in [1.807, 2.05) is 6.92 Å². The van der Waals surface area contributed by atoms with Crippen molar-refractivity contribution in [2.75, 3.05) is 6.54 Å². The van der Waals surface area contributed by atoms with Crippen LogP contribution in [0, 0.1) is 20.2 Å². The van der Waals surface area contributed by atoms with E-state index in [-0.39, 0.29) is 23.6 Å². The van der Waals surface area contributed by atoms with Gasteiger partial charge in [0.2, 0.25) is 5.91 Å². The van der Waals surface area contributed by atoms with Gasteiger partial charge in [-0.3, -0.25) is 25.0 Å². The van der Waals surface area contributed by atoms with Crippen LogP contribution in [0.2, 0.25) is 0 Å². The normalized spacial score (nSPS) is 10.1. The predicted octanol–water partition coefficient (Wildman–Crippen LogP) is 2.35. The van der Waals surface area contributed by atoms with E-state index in [1.54, 1.807) is 0 Å². The number of benzene rings is 1. The summed E-state index contributed by atoms with van der Waals surface area (Å²) in [6.07, 6.45) is 2.71. The van der Waals surface area contributed by atoms with Crippen LogP contribution in [-0.4, -0.2) is 22.3 Å². The molecular formula is C13H17N3O5. The minimum Gasteiger partial charge on any atom is -0.356 e. The van der Waals surface area contributed by atoms with E-state index in [4.69, 9.17) is 0 Å². The van der Waals surface area contributed by atoms with Gasteiger partial charge in [-0.05, 0) is 12.5 Å². The fourth-order valence-electron chi connectivity index (χ4n) is 1.82. The second-order valence-electron chi connectivity index (χ2n) is 4.56. The third-order valence-electron chi connectivity index (χ3n) is 2.93. The van der Waals surface area contributed by atoms with E-state index in [0.29, 0.717) is 6.54 Å². The largest absolute Gasteiger partial charge is 0.356 e. The Kier molecular flexibility index (Phi) is 6.25. The lowest BCUT2D eigenvalue weighted by Gasteiger charge is -2.05. The lowest BCUT2D eigenvalue weighted by atomic mass is 10.1. The Morgan fingerprint density at radius 1 is 1.19 bits per heavy atom. The molecule has 0 aliphatic carbocycles. The summed E-state index contributed by atoms with van der Waals surface area (Å²) in [4.78, 5) is 31.8. The van der Waals surface area contributed by atoms with Crippen molar-refractivity contribution in [2.45, 2.75) is 32.6 Å². The number of unbranched alkanes of at least 4 members (excludes halogenated alkanes) is 2. The molecule has 0 aromatic heterocycles. The second kappa shape index (κ2) is 7.93. The Labute approximate surface area is 121 Å². The average molecular weight is 295 g/mol. The number of nitro groups is 2. The van der Waals surface area contributed by atoms with E-state index in [2.05, 4.69) is 5.32 Å². The van der Waals surface area contributed by atoms with Crippen molar-refractivity contribution in [3.8, 4) is 0 Å². The molecule has 1 aromatic carbocycles. The quantitative estimate of drug-likeness (QED) is 0.449. The Morgan fingerprint density at radius 2 is 1.90 bits per heavy atom. The summed E-state index contributed by atoms with van der Waals surface area (Å²) in [7, 11) is 0. The number of carbonyl (C=O) groups is 1. The molecule has 0 atom stereocenters. The second-order valence-corrected chi connectivity index (χ2v) is 4.56. The molecule has 0 saturated carbocycles. The van der Waals surface area contributed by atoms with Gasteiger partial charge in [-0.1, -0.05) is 19.8 Å². The van der Waals surface area contributed by atoms with Gasteiger partial charge in [-0.15, -0.1) is 0 Å². The van der Waals surface area contributed by atoms with Crippen LogP contribution in [0.5, 0.6) is 0 Å². The summed E-state index contributed by atoms with van der Waals surface area (Å²) < 4.78 is 0. The van der Waals surface area contributed by atoms with Gasteiger partial charge in [0.15, 0.2) is 0 Å². The maximum atomic E-state index is 11.7. The molecule has 21 heavy (non-hydrogen) atoms. The Balaban J connectivity index is 2.76. The fraction of sp³-hybridized carbons (Fsp3) is 0.462. The highest BCUT2D eigenvalue weighted by Gasteiger charge is 2.20. The Morgan fingerprint density at radius 3 is 2.48 bits per heavy atom. The van der Waals surface area contributed by atoms with E-state index in [1.165, 1.54) is 6.07 Å². The van der Waals surface area contributed by atoms with Crippen molar-refractivity contribution in [3.63, 3.8) is 0 Å². The first-order valence-corrected chi connectivity index (χ1v) is 6.64. The SMILES string of the molecule is CCCCCNC(=O)Cc1ccc([N+](=O)[O-])cc1[N+](=O)[O-]. The summed E-state index contributed by atoms with van der Waals surface area (Å²) in [5, 5.41) is 24.2. The van der Waals surface area contributed by atoms with Crippen molar-refractivity contribution in [1.82, 2.24) is 5.32 Å². The first-order chi connectivity index (χ1) is 9.95. The van der Waals surface area contributed by atoms with Crippen molar-refractivity contribution in [2.24, 2.45) is 0 Å². The van der Waals surface area contributed by atoms with Crippen molar-refractivity contribution < 1.29 is 14.6 Å². The summed E-state index contributed by atoms with van der Waals surface area (Å²) in [6, 6.07) is 3.29. The molecule has 0 fully saturated rings. The number of carbonyl (C=O) groups excluding carboxylic acids is 1. The monoisotopic (exact) mass is 295 g/mol. The standard InChI is InChI=1S/C13H17N3O5/c1-2-3-4-7-14-13(17)8-10-5-6-11(15(18)19)9-12(10)16(20)21/h5-6,9H,2-4,7-8H2,1H3,(H,14,17). The van der Waals surface area contributed by atoms with Gasteiger partial charge in [0.25, 0.3) is 11.4 Å². The Hall–Kier alpha value is -2.51. The zero-order chi connectivity index (χ0) is 15.8. The highest BCUT2D eigenvalue weighted by atomic mass is 16.6. The molecule has 0 saturated heterocycles. The summed E-state index contributed by atoms with van der Waals surface area (Å²) in [5.41, 5.74) is -0.611. The van der Waals surface area contributed by atoms with Crippen molar-refractivity contribution >= 4 is 17.3 Å². The summed E-state index contributed by atoms with van der Waals surface area (Å²) in [6.45, 7) is 2.56. The molecule has 1 N–H and O–H groups in total. The number of amides is 1. The van der Waals surface area contributed by atoms with Gasteiger partial charge >= 0.3 is 0 Å². The number of nitro benzene ring substituents is 2. The topological polar surface area (TPSA) is 115 Å². The number of non-ortho nitro benzene ring substituents is 1. The lowest BCUT2D eigenvalue weighted by Crippen LogP contribution is -2.26. The van der Waals surface area contributed by atoms with E-state index in [9.17, 15) is 25.0 Å². The molecule has 0 aliphatic rings. The van der Waals surface area contributed by atoms with Gasteiger partial charge < -0.3 is 5.32 Å². The molecule has 8 nitrogen and oxygen atoms in total. The van der Waals surface area contributed by atoms with Gasteiger partial charge in [-0.25, -0.2) is 0 Å². The number of hydrogen-bond donors (Lipinski definition) is 1. The number of hydrogen-bond acceptors (Lipinski definition) is 5. The third kappa shape index (κ3) is 5.17. The maximum Gasteiger partial charge on any atom is 0.279 e. The van der Waals surface area contributed by atoms with Crippen LogP contribution in [0.3, 0.4) is 0 Å². The van der Waals surface area contributed by atoms with Gasteiger partial charge in [0.1, 0.15) is 0 Å². The molecule has 0 aliphatic heterocycles. The highest BCUT2D eigenvalue weighted by molar-refractivity contribution is 5.80. The molecule has 0 heterocycles.